The standard InChI is InChI=1S/C30H33FN8O3/c1-33-24(28(32)40-3)18-15-23-25(34-16-18)20-9-10-22(27-30(41-4)36-37-38(27)2)35-29(20)39(23)26(17-11-13-42-14-12-17)19-7-5-6-8-21(19)31/h5-10,15-17,26,33H,11-14,32H2,1-4H3/b28-24+/t26-/m0/s1. The van der Waals surface area contributed by atoms with Gasteiger partial charge in [-0.2, -0.15) is 0 Å². The first-order chi connectivity index (χ1) is 20.5. The second-order valence-electron chi connectivity index (χ2n) is 10.2. The SMILES string of the molecule is CN/C(=C(\N)OC)c1cnc2c3ccc(-c4c(OC)nnn4C)nc3n([C@H](c3ccccc3F)C3CCOCC3)c2c1. The fourth-order valence-corrected chi connectivity index (χ4v) is 5.94. The Kier molecular flexibility index (Phi) is 7.38. The van der Waals surface area contributed by atoms with Gasteiger partial charge in [-0.1, -0.05) is 28.5 Å². The first-order valence-electron chi connectivity index (χ1n) is 13.8. The Balaban J connectivity index is 1.71. The number of hydrogen-bond donors (Lipinski definition) is 2. The molecule has 5 aromatic rings. The van der Waals surface area contributed by atoms with Gasteiger partial charge >= 0.3 is 0 Å². The molecule has 3 N–H and O–H groups in total. The zero-order chi connectivity index (χ0) is 29.4. The summed E-state index contributed by atoms with van der Waals surface area (Å²) >= 11 is 0. The zero-order valence-corrected chi connectivity index (χ0v) is 24.0. The molecule has 1 aliphatic heterocycles. The maximum absolute atomic E-state index is 15.7. The van der Waals surface area contributed by atoms with Gasteiger partial charge in [0.2, 0.25) is 5.88 Å². The van der Waals surface area contributed by atoms with Crippen LogP contribution in [0.25, 0.3) is 39.2 Å². The van der Waals surface area contributed by atoms with Gasteiger partial charge in [0.25, 0.3) is 5.88 Å². The van der Waals surface area contributed by atoms with Gasteiger partial charge in [0.1, 0.15) is 17.2 Å². The fourth-order valence-electron chi connectivity index (χ4n) is 5.94. The Morgan fingerprint density at radius 1 is 1.17 bits per heavy atom. The maximum atomic E-state index is 15.7. The molecule has 6 rings (SSSR count). The largest absolute Gasteiger partial charge is 0.481 e. The van der Waals surface area contributed by atoms with Gasteiger partial charge in [-0.3, -0.25) is 4.98 Å². The van der Waals surface area contributed by atoms with E-state index in [1.807, 2.05) is 30.3 Å². The van der Waals surface area contributed by atoms with Gasteiger partial charge < -0.3 is 29.8 Å². The van der Waals surface area contributed by atoms with E-state index in [1.165, 1.54) is 13.2 Å². The highest BCUT2D eigenvalue weighted by atomic mass is 19.1. The second kappa shape index (κ2) is 11.3. The maximum Gasteiger partial charge on any atom is 0.262 e. The smallest absolute Gasteiger partial charge is 0.262 e. The van der Waals surface area contributed by atoms with E-state index >= 15 is 4.39 Å². The zero-order valence-electron chi connectivity index (χ0n) is 24.0. The van der Waals surface area contributed by atoms with Gasteiger partial charge in [0.15, 0.2) is 5.69 Å². The first-order valence-corrected chi connectivity index (χ1v) is 13.8. The Labute approximate surface area is 242 Å². The lowest BCUT2D eigenvalue weighted by atomic mass is 9.86. The van der Waals surface area contributed by atoms with Gasteiger partial charge in [-0.05, 0) is 43.0 Å². The van der Waals surface area contributed by atoms with Crippen LogP contribution >= 0.6 is 0 Å². The van der Waals surface area contributed by atoms with Crippen molar-refractivity contribution in [3.63, 3.8) is 0 Å². The van der Waals surface area contributed by atoms with E-state index in [9.17, 15) is 0 Å². The van der Waals surface area contributed by atoms with Crippen molar-refractivity contribution < 1.29 is 18.6 Å². The van der Waals surface area contributed by atoms with Crippen LogP contribution in [0.3, 0.4) is 0 Å². The van der Waals surface area contributed by atoms with Crippen LogP contribution in [0.4, 0.5) is 4.39 Å². The van der Waals surface area contributed by atoms with Gasteiger partial charge in [0.05, 0.1) is 37.0 Å². The summed E-state index contributed by atoms with van der Waals surface area (Å²) in [5.41, 5.74) is 11.5. The lowest BCUT2D eigenvalue weighted by Crippen LogP contribution is -2.27. The molecule has 0 spiro atoms. The van der Waals surface area contributed by atoms with E-state index in [2.05, 4.69) is 20.2 Å². The highest BCUT2D eigenvalue weighted by Gasteiger charge is 2.33. The topological polar surface area (TPSA) is 127 Å². The number of ether oxygens (including phenoxy) is 3. The van der Waals surface area contributed by atoms with Crippen LogP contribution in [0.5, 0.6) is 5.88 Å². The first kappa shape index (κ1) is 27.5. The van der Waals surface area contributed by atoms with E-state index in [4.69, 9.17) is 29.9 Å². The molecule has 1 aliphatic rings. The Morgan fingerprint density at radius 3 is 2.67 bits per heavy atom. The molecule has 0 bridgehead atoms. The lowest BCUT2D eigenvalue weighted by Gasteiger charge is -2.33. The highest BCUT2D eigenvalue weighted by Crippen LogP contribution is 2.41. The average molecular weight is 573 g/mol. The fraction of sp³-hybridized carbons (Fsp3) is 0.333. The number of nitrogens with one attached hydrogen (secondary N) is 1. The van der Waals surface area contributed by atoms with Crippen LogP contribution < -0.4 is 15.8 Å². The number of nitrogens with two attached hydrogens (primary N) is 1. The lowest BCUT2D eigenvalue weighted by molar-refractivity contribution is 0.0548. The molecule has 1 aromatic carbocycles. The molecule has 42 heavy (non-hydrogen) atoms. The third-order valence-electron chi connectivity index (χ3n) is 7.94. The quantitative estimate of drug-likeness (QED) is 0.265. The molecule has 5 heterocycles. The minimum Gasteiger partial charge on any atom is -0.481 e. The third-order valence-corrected chi connectivity index (χ3v) is 7.94. The molecule has 1 fully saturated rings. The highest BCUT2D eigenvalue weighted by molar-refractivity contribution is 6.05. The molecular formula is C30H33FN8O3. The van der Waals surface area contributed by atoms with Crippen LogP contribution in [0.1, 0.15) is 30.0 Å². The summed E-state index contributed by atoms with van der Waals surface area (Å²) in [6.45, 7) is 1.20. The van der Waals surface area contributed by atoms with Crippen LogP contribution in [-0.2, 0) is 16.5 Å². The van der Waals surface area contributed by atoms with Crippen LogP contribution in [0.2, 0.25) is 0 Å². The number of benzene rings is 1. The average Bonchev–Trinajstić information content (AvgIpc) is 3.55. The van der Waals surface area contributed by atoms with Crippen molar-refractivity contribution in [2.75, 3.05) is 34.5 Å². The van der Waals surface area contributed by atoms with E-state index in [-0.39, 0.29) is 23.7 Å². The number of fused-ring (bicyclic) bond motifs is 3. The Morgan fingerprint density at radius 2 is 1.95 bits per heavy atom. The van der Waals surface area contributed by atoms with Crippen LogP contribution in [0, 0.1) is 11.7 Å². The Hall–Kier alpha value is -4.71. The number of aromatic nitrogens is 6. The molecule has 12 heteroatoms. The Bertz CT molecular complexity index is 1790. The number of hydrogen-bond acceptors (Lipinski definition) is 9. The van der Waals surface area contributed by atoms with Gasteiger partial charge in [-0.25, -0.2) is 14.1 Å². The summed E-state index contributed by atoms with van der Waals surface area (Å²) in [6, 6.07) is 12.4. The molecule has 0 radical (unpaired) electrons. The number of nitrogens with zero attached hydrogens (tertiary/aromatic N) is 6. The van der Waals surface area contributed by atoms with Crippen molar-refractivity contribution in [3.05, 3.63) is 71.5 Å². The van der Waals surface area contributed by atoms with Gasteiger partial charge in [-0.15, -0.1) is 0 Å². The molecule has 1 saturated heterocycles. The number of rotatable bonds is 8. The summed E-state index contributed by atoms with van der Waals surface area (Å²) < 4.78 is 36.0. The summed E-state index contributed by atoms with van der Waals surface area (Å²) in [5, 5.41) is 12.2. The summed E-state index contributed by atoms with van der Waals surface area (Å²) in [6.07, 6.45) is 3.29. The number of methoxy groups -OCH3 is 2. The molecule has 1 atom stereocenters. The van der Waals surface area contributed by atoms with Crippen molar-refractivity contribution in [1.29, 1.82) is 0 Å². The summed E-state index contributed by atoms with van der Waals surface area (Å²) in [4.78, 5) is 10.0. The minimum atomic E-state index is -0.386. The molecule has 0 aliphatic carbocycles. The van der Waals surface area contributed by atoms with Crippen molar-refractivity contribution in [3.8, 4) is 17.3 Å². The number of aryl methyl sites for hydroxylation is 1. The van der Waals surface area contributed by atoms with E-state index in [0.29, 0.717) is 47.4 Å². The number of pyridine rings is 2. The van der Waals surface area contributed by atoms with Crippen LogP contribution in [-0.4, -0.2) is 64.0 Å². The monoisotopic (exact) mass is 572 g/mol. The van der Waals surface area contributed by atoms with Crippen molar-refractivity contribution in [2.45, 2.75) is 18.9 Å². The molecule has 218 valence electrons. The normalized spacial score (nSPS) is 15.5. The van der Waals surface area contributed by atoms with Crippen molar-refractivity contribution in [2.24, 2.45) is 18.7 Å². The second-order valence-corrected chi connectivity index (χ2v) is 10.2. The molecular weight excluding hydrogens is 539 g/mol. The van der Waals surface area contributed by atoms with Crippen molar-refractivity contribution >= 4 is 27.8 Å². The molecule has 11 nitrogen and oxygen atoms in total. The van der Waals surface area contributed by atoms with E-state index in [1.54, 1.807) is 38.2 Å². The summed E-state index contributed by atoms with van der Waals surface area (Å²) in [5.74, 6) is 0.398. The number of halogens is 1. The van der Waals surface area contributed by atoms with E-state index in [0.717, 1.165) is 34.8 Å². The van der Waals surface area contributed by atoms with Crippen molar-refractivity contribution in [1.82, 2.24) is 34.8 Å². The van der Waals surface area contributed by atoms with Crippen LogP contribution in [0.15, 0.2) is 54.5 Å². The van der Waals surface area contributed by atoms with E-state index < -0.39 is 0 Å². The molecule has 4 aromatic heterocycles. The minimum absolute atomic E-state index is 0.0832. The molecule has 0 amide bonds. The van der Waals surface area contributed by atoms with Gasteiger partial charge in [0, 0.05) is 50.0 Å². The molecule has 0 unspecified atom stereocenters. The third kappa shape index (κ3) is 4.57. The predicted molar refractivity (Wildman–Crippen MR) is 157 cm³/mol. The molecule has 0 saturated carbocycles. The summed E-state index contributed by atoms with van der Waals surface area (Å²) in [7, 11) is 6.62. The predicted octanol–water partition coefficient (Wildman–Crippen LogP) is 3.99.